The Kier molecular flexibility index (Phi) is 5.82. The minimum Gasteiger partial charge on any atom is -0.338 e. The van der Waals surface area contributed by atoms with Crippen molar-refractivity contribution in [3.8, 4) is 0 Å². The van der Waals surface area contributed by atoms with Gasteiger partial charge in [0.05, 0.1) is 5.56 Å². The Bertz CT molecular complexity index is 449. The van der Waals surface area contributed by atoms with E-state index in [2.05, 4.69) is 10.6 Å². The molecule has 2 amide bonds. The van der Waals surface area contributed by atoms with Crippen molar-refractivity contribution >= 4 is 11.7 Å². The lowest BCUT2D eigenvalue weighted by atomic mass is 10.1. The van der Waals surface area contributed by atoms with Crippen molar-refractivity contribution in [2.45, 2.75) is 19.5 Å². The number of hydrogen-bond acceptors (Lipinski definition) is 2. The number of nitrogens with two attached hydrogens (primary N) is 1. The molecule has 4 nitrogen and oxygen atoms in total. The van der Waals surface area contributed by atoms with Crippen LogP contribution in [-0.2, 0) is 6.18 Å². The van der Waals surface area contributed by atoms with Crippen molar-refractivity contribution in [3.63, 3.8) is 0 Å². The van der Waals surface area contributed by atoms with E-state index in [0.717, 1.165) is 18.6 Å². The van der Waals surface area contributed by atoms with Crippen molar-refractivity contribution < 1.29 is 18.0 Å². The fraction of sp³-hybridized carbons (Fsp3) is 0.462. The Hall–Kier alpha value is -1.76. The number of benzene rings is 1. The first-order chi connectivity index (χ1) is 9.32. The molecular formula is C13H18F3N3O. The number of carbonyl (C=O) groups is 1. The third-order valence-corrected chi connectivity index (χ3v) is 2.72. The Labute approximate surface area is 115 Å². The van der Waals surface area contributed by atoms with Crippen molar-refractivity contribution in [3.05, 3.63) is 29.8 Å². The molecular weight excluding hydrogens is 271 g/mol. The van der Waals surface area contributed by atoms with Gasteiger partial charge in [-0.15, -0.1) is 0 Å². The molecule has 1 atom stereocenters. The second-order valence-electron chi connectivity index (χ2n) is 4.60. The first-order valence-electron chi connectivity index (χ1n) is 6.25. The van der Waals surface area contributed by atoms with Crippen LogP contribution in [0, 0.1) is 5.92 Å². The molecule has 0 bridgehead atoms. The summed E-state index contributed by atoms with van der Waals surface area (Å²) in [5, 5.41) is 4.96. The number of alkyl halides is 3. The number of nitrogens with one attached hydrogen (secondary N) is 2. The van der Waals surface area contributed by atoms with Crippen molar-refractivity contribution in [1.82, 2.24) is 5.32 Å². The molecule has 0 saturated heterocycles. The molecule has 0 fully saturated rings. The van der Waals surface area contributed by atoms with E-state index in [1.807, 2.05) is 6.92 Å². The molecule has 4 N–H and O–H groups in total. The average Bonchev–Trinajstić information content (AvgIpc) is 2.36. The Balaban J connectivity index is 2.54. The van der Waals surface area contributed by atoms with E-state index in [1.165, 1.54) is 12.1 Å². The molecule has 112 valence electrons. The van der Waals surface area contributed by atoms with E-state index in [-0.39, 0.29) is 11.6 Å². The third-order valence-electron chi connectivity index (χ3n) is 2.72. The van der Waals surface area contributed by atoms with Crippen molar-refractivity contribution in [1.29, 1.82) is 0 Å². The van der Waals surface area contributed by atoms with Gasteiger partial charge >= 0.3 is 12.2 Å². The lowest BCUT2D eigenvalue weighted by Gasteiger charge is -2.13. The number of amides is 2. The highest BCUT2D eigenvalue weighted by atomic mass is 19.4. The predicted molar refractivity (Wildman–Crippen MR) is 71.3 cm³/mol. The minimum absolute atomic E-state index is 0.101. The van der Waals surface area contributed by atoms with Crippen LogP contribution in [0.3, 0.4) is 0 Å². The third kappa shape index (κ3) is 5.48. The minimum atomic E-state index is -4.43. The fourth-order valence-corrected chi connectivity index (χ4v) is 1.60. The van der Waals surface area contributed by atoms with Gasteiger partial charge in [0.25, 0.3) is 0 Å². The number of urea groups is 1. The average molecular weight is 289 g/mol. The van der Waals surface area contributed by atoms with Crippen LogP contribution in [0.2, 0.25) is 0 Å². The highest BCUT2D eigenvalue weighted by Gasteiger charge is 2.30. The van der Waals surface area contributed by atoms with Gasteiger partial charge in [0.1, 0.15) is 0 Å². The van der Waals surface area contributed by atoms with Crippen LogP contribution in [-0.4, -0.2) is 19.1 Å². The maximum absolute atomic E-state index is 12.5. The van der Waals surface area contributed by atoms with E-state index in [4.69, 9.17) is 5.73 Å². The van der Waals surface area contributed by atoms with Crippen LogP contribution in [0.5, 0.6) is 0 Å². The van der Waals surface area contributed by atoms with Crippen LogP contribution in [0.25, 0.3) is 0 Å². The Morgan fingerprint density at radius 3 is 2.70 bits per heavy atom. The quantitative estimate of drug-likeness (QED) is 0.780. The summed E-state index contributed by atoms with van der Waals surface area (Å²) >= 11 is 0. The lowest BCUT2D eigenvalue weighted by Crippen LogP contribution is -2.33. The zero-order valence-corrected chi connectivity index (χ0v) is 11.1. The largest absolute Gasteiger partial charge is 0.416 e. The topological polar surface area (TPSA) is 67.1 Å². The van der Waals surface area contributed by atoms with E-state index < -0.39 is 17.8 Å². The van der Waals surface area contributed by atoms with Gasteiger partial charge in [-0.25, -0.2) is 4.79 Å². The summed E-state index contributed by atoms with van der Waals surface area (Å²) in [6.07, 6.45) is -3.66. The fourth-order valence-electron chi connectivity index (χ4n) is 1.60. The normalized spacial score (nSPS) is 12.8. The van der Waals surface area contributed by atoms with Crippen LogP contribution >= 0.6 is 0 Å². The van der Waals surface area contributed by atoms with E-state index in [9.17, 15) is 18.0 Å². The van der Waals surface area contributed by atoms with Gasteiger partial charge in [-0.1, -0.05) is 13.0 Å². The van der Waals surface area contributed by atoms with Crippen molar-refractivity contribution in [2.24, 2.45) is 11.7 Å². The van der Waals surface area contributed by atoms with Crippen LogP contribution in [0.15, 0.2) is 24.3 Å². The van der Waals surface area contributed by atoms with Crippen LogP contribution < -0.4 is 16.4 Å². The maximum atomic E-state index is 12.5. The van der Waals surface area contributed by atoms with Gasteiger partial charge < -0.3 is 16.4 Å². The zero-order valence-electron chi connectivity index (χ0n) is 11.1. The summed E-state index contributed by atoms with van der Waals surface area (Å²) in [5.41, 5.74) is 4.68. The number of rotatable bonds is 5. The molecule has 0 radical (unpaired) electrons. The SMILES string of the molecule is CC(CCN)CNC(=O)Nc1cccc(C(F)(F)F)c1. The summed E-state index contributed by atoms with van der Waals surface area (Å²) in [5.74, 6) is 0.215. The molecule has 1 unspecified atom stereocenters. The smallest absolute Gasteiger partial charge is 0.338 e. The molecule has 0 aromatic heterocycles. The number of carbonyl (C=O) groups excluding carboxylic acids is 1. The van der Waals surface area contributed by atoms with Crippen LogP contribution in [0.4, 0.5) is 23.7 Å². The molecule has 0 spiro atoms. The maximum Gasteiger partial charge on any atom is 0.416 e. The van der Waals surface area contributed by atoms with E-state index >= 15 is 0 Å². The molecule has 0 heterocycles. The molecule has 0 aliphatic carbocycles. The van der Waals surface area contributed by atoms with Gasteiger partial charge in [-0.05, 0) is 37.1 Å². The Morgan fingerprint density at radius 2 is 2.10 bits per heavy atom. The van der Waals surface area contributed by atoms with E-state index in [0.29, 0.717) is 13.1 Å². The van der Waals surface area contributed by atoms with E-state index in [1.54, 1.807) is 0 Å². The van der Waals surface area contributed by atoms with Gasteiger partial charge in [0.2, 0.25) is 0 Å². The first kappa shape index (κ1) is 16.3. The van der Waals surface area contributed by atoms with Gasteiger partial charge in [0, 0.05) is 12.2 Å². The van der Waals surface area contributed by atoms with Crippen LogP contribution in [0.1, 0.15) is 18.9 Å². The zero-order chi connectivity index (χ0) is 15.2. The van der Waals surface area contributed by atoms with Gasteiger partial charge in [-0.3, -0.25) is 0 Å². The molecule has 1 aromatic carbocycles. The molecule has 1 rings (SSSR count). The summed E-state index contributed by atoms with van der Waals surface area (Å²) in [4.78, 5) is 11.5. The molecule has 7 heteroatoms. The monoisotopic (exact) mass is 289 g/mol. The highest BCUT2D eigenvalue weighted by molar-refractivity contribution is 5.89. The molecule has 20 heavy (non-hydrogen) atoms. The first-order valence-corrected chi connectivity index (χ1v) is 6.25. The highest BCUT2D eigenvalue weighted by Crippen LogP contribution is 2.30. The molecule has 0 saturated carbocycles. The molecule has 0 aliphatic rings. The second kappa shape index (κ2) is 7.14. The lowest BCUT2D eigenvalue weighted by molar-refractivity contribution is -0.137. The van der Waals surface area contributed by atoms with Gasteiger partial charge in [-0.2, -0.15) is 13.2 Å². The molecule has 0 aliphatic heterocycles. The number of halogens is 3. The second-order valence-corrected chi connectivity index (χ2v) is 4.60. The van der Waals surface area contributed by atoms with Gasteiger partial charge in [0.15, 0.2) is 0 Å². The molecule has 1 aromatic rings. The Morgan fingerprint density at radius 1 is 1.40 bits per heavy atom. The predicted octanol–water partition coefficient (Wildman–Crippen LogP) is 2.81. The number of anilines is 1. The summed E-state index contributed by atoms with van der Waals surface area (Å²) < 4.78 is 37.5. The number of hydrogen-bond donors (Lipinski definition) is 3. The summed E-state index contributed by atoms with van der Waals surface area (Å²) in [7, 11) is 0. The standard InChI is InChI=1S/C13H18F3N3O/c1-9(5-6-17)8-18-12(20)19-11-4-2-3-10(7-11)13(14,15)16/h2-4,7,9H,5-6,8,17H2,1H3,(H2,18,19,20). The van der Waals surface area contributed by atoms with Crippen molar-refractivity contribution in [2.75, 3.05) is 18.4 Å². The summed E-state index contributed by atoms with van der Waals surface area (Å²) in [6.45, 7) is 2.87. The summed E-state index contributed by atoms with van der Waals surface area (Å²) in [6, 6.07) is 3.95.